The molecule has 28 heavy (non-hydrogen) atoms. The van der Waals surface area contributed by atoms with E-state index in [0.717, 1.165) is 0 Å². The van der Waals surface area contributed by atoms with E-state index in [1.807, 2.05) is 0 Å². The summed E-state index contributed by atoms with van der Waals surface area (Å²) in [4.78, 5) is 38.8. The Balaban J connectivity index is 2.04. The smallest absolute Gasteiger partial charge is 0.342 e. The van der Waals surface area contributed by atoms with Crippen molar-refractivity contribution in [1.29, 1.82) is 0 Å². The van der Waals surface area contributed by atoms with Gasteiger partial charge in [-0.05, 0) is 25.1 Å². The summed E-state index contributed by atoms with van der Waals surface area (Å²) >= 11 is 0. The number of rotatable bonds is 3. The molecule has 0 spiro atoms. The van der Waals surface area contributed by atoms with Crippen LogP contribution >= 0.6 is 0 Å². The highest BCUT2D eigenvalue weighted by molar-refractivity contribution is 6.30. The van der Waals surface area contributed by atoms with Crippen molar-refractivity contribution >= 4 is 23.1 Å². The van der Waals surface area contributed by atoms with Crippen molar-refractivity contribution in [2.75, 3.05) is 6.61 Å². The summed E-state index contributed by atoms with van der Waals surface area (Å²) in [5.74, 6) is -3.33. The molecule has 7 nitrogen and oxygen atoms in total. The Kier molecular flexibility index (Phi) is 4.15. The van der Waals surface area contributed by atoms with E-state index in [2.05, 4.69) is 0 Å². The molecule has 2 N–H and O–H groups in total. The third-order valence-corrected chi connectivity index (χ3v) is 4.90. The van der Waals surface area contributed by atoms with E-state index in [-0.39, 0.29) is 58.1 Å². The molecule has 7 heteroatoms. The van der Waals surface area contributed by atoms with Crippen molar-refractivity contribution in [2.45, 2.75) is 13.3 Å². The van der Waals surface area contributed by atoms with Crippen LogP contribution in [0.4, 0.5) is 0 Å². The second-order valence-electron chi connectivity index (χ2n) is 6.46. The van der Waals surface area contributed by atoms with Crippen molar-refractivity contribution in [1.82, 2.24) is 0 Å². The number of aromatic hydroxyl groups is 1. The van der Waals surface area contributed by atoms with Gasteiger partial charge in [-0.25, -0.2) is 4.79 Å². The Morgan fingerprint density at radius 2 is 2.00 bits per heavy atom. The minimum Gasteiger partial charge on any atom is -0.511 e. The molecule has 1 aromatic carbocycles. The van der Waals surface area contributed by atoms with Crippen LogP contribution in [-0.2, 0) is 9.53 Å². The number of Topliss-reactive ketones (excluding diaryl/α,β-unsaturated/α-hetero) is 2. The van der Waals surface area contributed by atoms with Crippen LogP contribution in [0.2, 0.25) is 0 Å². The lowest BCUT2D eigenvalue weighted by atomic mass is 9.70. The molecule has 0 saturated heterocycles. The molecule has 1 heterocycles. The summed E-state index contributed by atoms with van der Waals surface area (Å²) in [7, 11) is 0. The fraction of sp³-hybridized carbons (Fsp3) is 0.190. The van der Waals surface area contributed by atoms with Crippen LogP contribution in [0, 0.1) is 5.92 Å². The molecule has 2 aromatic rings. The van der Waals surface area contributed by atoms with Gasteiger partial charge in [0.1, 0.15) is 22.8 Å². The monoisotopic (exact) mass is 380 g/mol. The molecule has 4 rings (SSSR count). The number of ether oxygens (including phenoxy) is 1. The van der Waals surface area contributed by atoms with E-state index in [1.54, 1.807) is 13.0 Å². The lowest BCUT2D eigenvalue weighted by molar-refractivity contribution is -0.138. The van der Waals surface area contributed by atoms with Crippen molar-refractivity contribution in [2.24, 2.45) is 5.92 Å². The zero-order chi connectivity index (χ0) is 20.0. The maximum absolute atomic E-state index is 13.3. The number of aliphatic hydroxyl groups excluding tert-OH is 1. The molecule has 1 atom stereocenters. The van der Waals surface area contributed by atoms with Gasteiger partial charge < -0.3 is 19.4 Å². The highest BCUT2D eigenvalue weighted by Crippen LogP contribution is 2.46. The van der Waals surface area contributed by atoms with Crippen molar-refractivity contribution in [3.63, 3.8) is 0 Å². The number of hydrogen-bond acceptors (Lipinski definition) is 7. The number of phenolic OH excluding ortho intramolecular Hbond substituents is 1. The second kappa shape index (κ2) is 6.53. The van der Waals surface area contributed by atoms with Crippen molar-refractivity contribution in [3.05, 3.63) is 70.4 Å². The summed E-state index contributed by atoms with van der Waals surface area (Å²) in [5.41, 5.74) is -0.209. The maximum Gasteiger partial charge on any atom is 0.342 e. The highest BCUT2D eigenvalue weighted by atomic mass is 16.5. The number of carbonyl (C=O) groups excluding carboxylic acids is 3. The number of phenols is 1. The number of allylic oxidation sites excluding steroid dienone is 2. The maximum atomic E-state index is 13.3. The minimum absolute atomic E-state index is 0.00908. The van der Waals surface area contributed by atoms with E-state index in [1.165, 1.54) is 30.5 Å². The number of furan rings is 1. The number of esters is 1. The first-order valence-corrected chi connectivity index (χ1v) is 8.74. The van der Waals surface area contributed by atoms with Gasteiger partial charge in [0.05, 0.1) is 24.4 Å². The molecule has 0 aliphatic heterocycles. The predicted molar refractivity (Wildman–Crippen MR) is 96.8 cm³/mol. The van der Waals surface area contributed by atoms with Gasteiger partial charge in [-0.1, -0.05) is 12.1 Å². The average Bonchev–Trinajstić information content (AvgIpc) is 3.19. The average molecular weight is 380 g/mol. The van der Waals surface area contributed by atoms with Gasteiger partial charge in [0.25, 0.3) is 0 Å². The largest absolute Gasteiger partial charge is 0.511 e. The molecule has 0 unspecified atom stereocenters. The fourth-order valence-corrected chi connectivity index (χ4v) is 3.75. The molecular formula is C21H16O7. The molecule has 0 amide bonds. The van der Waals surface area contributed by atoms with Gasteiger partial charge in [-0.3, -0.25) is 9.59 Å². The molecule has 2 aliphatic rings. The zero-order valence-electron chi connectivity index (χ0n) is 14.9. The van der Waals surface area contributed by atoms with Crippen LogP contribution in [-0.4, -0.2) is 34.4 Å². The third kappa shape index (κ3) is 2.47. The number of aliphatic hydroxyl groups is 1. The summed E-state index contributed by atoms with van der Waals surface area (Å²) in [6, 6.07) is 7.34. The van der Waals surface area contributed by atoms with Crippen molar-refractivity contribution < 1.29 is 33.8 Å². The Labute approximate surface area is 159 Å². The van der Waals surface area contributed by atoms with Gasteiger partial charge in [0.15, 0.2) is 11.6 Å². The molecule has 0 fully saturated rings. The number of fused-ring (bicyclic) bond motifs is 2. The Bertz CT molecular complexity index is 1070. The van der Waals surface area contributed by atoms with E-state index in [0.29, 0.717) is 0 Å². The van der Waals surface area contributed by atoms with Gasteiger partial charge in [-0.15, -0.1) is 0 Å². The van der Waals surface area contributed by atoms with Crippen LogP contribution in [0.15, 0.2) is 57.9 Å². The molecule has 0 radical (unpaired) electrons. The fourth-order valence-electron chi connectivity index (χ4n) is 3.75. The molecule has 1 aromatic heterocycles. The van der Waals surface area contributed by atoms with Gasteiger partial charge in [0.2, 0.25) is 0 Å². The first kappa shape index (κ1) is 17.8. The number of benzene rings is 1. The van der Waals surface area contributed by atoms with Gasteiger partial charge >= 0.3 is 5.97 Å². The van der Waals surface area contributed by atoms with Crippen LogP contribution in [0.25, 0.3) is 5.57 Å². The van der Waals surface area contributed by atoms with E-state index in [9.17, 15) is 24.6 Å². The van der Waals surface area contributed by atoms with Crippen LogP contribution in [0.3, 0.4) is 0 Å². The summed E-state index contributed by atoms with van der Waals surface area (Å²) < 4.78 is 10.4. The lowest BCUT2D eigenvalue weighted by Gasteiger charge is -2.31. The zero-order valence-corrected chi connectivity index (χ0v) is 14.9. The molecule has 142 valence electrons. The third-order valence-electron chi connectivity index (χ3n) is 4.90. The molecular weight excluding hydrogens is 364 g/mol. The number of hydrogen-bond donors (Lipinski definition) is 2. The topological polar surface area (TPSA) is 114 Å². The van der Waals surface area contributed by atoms with Gasteiger partial charge in [0, 0.05) is 23.1 Å². The molecule has 0 bridgehead atoms. The Morgan fingerprint density at radius 3 is 2.68 bits per heavy atom. The SMILES string of the molecule is CCOC(=O)C1=C(O)C[C@@H]2C(=O)c3cccc(O)c3C(=O)C2=C1c1ccco1. The van der Waals surface area contributed by atoms with Crippen LogP contribution in [0.1, 0.15) is 39.8 Å². The highest BCUT2D eigenvalue weighted by Gasteiger charge is 2.46. The quantitative estimate of drug-likeness (QED) is 0.786. The van der Waals surface area contributed by atoms with Crippen molar-refractivity contribution in [3.8, 4) is 5.75 Å². The molecule has 2 aliphatic carbocycles. The number of carbonyl (C=O) groups is 3. The summed E-state index contributed by atoms with van der Waals surface area (Å²) in [6.07, 6.45) is 1.14. The predicted octanol–water partition coefficient (Wildman–Crippen LogP) is 3.21. The Morgan fingerprint density at radius 1 is 1.21 bits per heavy atom. The van der Waals surface area contributed by atoms with Crippen LogP contribution in [0.5, 0.6) is 5.75 Å². The standard InChI is InChI=1S/C21H16O7/c1-2-27-21(26)17-13(23)9-11-16(18(17)14-7-4-8-28-14)20(25)15-10(19(11)24)5-3-6-12(15)22/h3-8,11,22-23H,2,9H2,1H3/t11-/m0/s1. The van der Waals surface area contributed by atoms with Crippen LogP contribution < -0.4 is 0 Å². The van der Waals surface area contributed by atoms with E-state index in [4.69, 9.17) is 9.15 Å². The molecule has 0 saturated carbocycles. The first-order chi connectivity index (χ1) is 13.5. The first-order valence-electron chi connectivity index (χ1n) is 8.74. The lowest BCUT2D eigenvalue weighted by Crippen LogP contribution is -2.34. The second-order valence-corrected chi connectivity index (χ2v) is 6.46. The Hall–Kier alpha value is -3.61. The number of ketones is 2. The normalized spacial score (nSPS) is 18.8. The minimum atomic E-state index is -0.986. The van der Waals surface area contributed by atoms with Gasteiger partial charge in [-0.2, -0.15) is 0 Å². The summed E-state index contributed by atoms with van der Waals surface area (Å²) in [6.45, 7) is 1.68. The summed E-state index contributed by atoms with van der Waals surface area (Å²) in [5, 5.41) is 20.8. The van der Waals surface area contributed by atoms with E-state index < -0.39 is 23.5 Å². The van der Waals surface area contributed by atoms with E-state index >= 15 is 0 Å².